The van der Waals surface area contributed by atoms with Crippen LogP contribution < -0.4 is 21.7 Å². The van der Waals surface area contributed by atoms with Crippen LogP contribution in [0.15, 0.2) is 30.5 Å². The van der Waals surface area contributed by atoms with Crippen LogP contribution in [-0.4, -0.2) is 69.6 Å². The van der Waals surface area contributed by atoms with E-state index in [2.05, 4.69) is 16.0 Å². The Kier molecular flexibility index (Phi) is 10.5. The first-order valence-corrected chi connectivity index (χ1v) is 12.8. The number of carbonyl (C=O) groups excluding carboxylic acids is 4. The van der Waals surface area contributed by atoms with Gasteiger partial charge in [0.1, 0.15) is 23.3 Å². The lowest BCUT2D eigenvalue weighted by Gasteiger charge is -2.24. The number of rotatable bonds is 10. The van der Waals surface area contributed by atoms with Crippen molar-refractivity contribution in [2.75, 3.05) is 6.54 Å². The number of hydrogen-bond acceptors (Lipinski definition) is 7. The molecule has 0 aliphatic carbocycles. The second-order valence-electron chi connectivity index (χ2n) is 11.3. The lowest BCUT2D eigenvalue weighted by Crippen LogP contribution is -2.53. The van der Waals surface area contributed by atoms with Crippen molar-refractivity contribution in [2.45, 2.75) is 84.1 Å². The fourth-order valence-corrected chi connectivity index (χ4v) is 3.80. The summed E-state index contributed by atoms with van der Waals surface area (Å²) < 4.78 is 12.2. The molecule has 2 atom stereocenters. The number of nitrogens with one attached hydrogen (secondary N) is 3. The van der Waals surface area contributed by atoms with Crippen molar-refractivity contribution >= 4 is 41.0 Å². The maximum Gasteiger partial charge on any atom is 0.419 e. The number of benzene rings is 1. The Bertz CT molecular complexity index is 1240. The van der Waals surface area contributed by atoms with Crippen molar-refractivity contribution in [3.8, 4) is 0 Å². The van der Waals surface area contributed by atoms with Crippen LogP contribution in [0.1, 0.15) is 59.9 Å². The number of ether oxygens (including phenoxy) is 2. The van der Waals surface area contributed by atoms with Gasteiger partial charge in [0, 0.05) is 24.5 Å². The zero-order valence-corrected chi connectivity index (χ0v) is 23.7. The molecule has 6 N–H and O–H groups in total. The van der Waals surface area contributed by atoms with E-state index in [9.17, 15) is 29.1 Å². The molecule has 0 fully saturated rings. The first-order chi connectivity index (χ1) is 18.5. The van der Waals surface area contributed by atoms with Crippen LogP contribution in [0.5, 0.6) is 0 Å². The molecule has 220 valence electrons. The summed E-state index contributed by atoms with van der Waals surface area (Å²) in [4.78, 5) is 61.6. The van der Waals surface area contributed by atoms with Crippen molar-refractivity contribution in [1.29, 1.82) is 0 Å². The van der Waals surface area contributed by atoms with Gasteiger partial charge in [-0.3, -0.25) is 9.36 Å². The van der Waals surface area contributed by atoms with Crippen LogP contribution >= 0.6 is 0 Å². The molecule has 2 aromatic rings. The van der Waals surface area contributed by atoms with E-state index in [-0.39, 0.29) is 25.8 Å². The molecular formula is C27H39N5O8. The van der Waals surface area contributed by atoms with Gasteiger partial charge in [-0.15, -0.1) is 0 Å². The Balaban J connectivity index is 2.37. The quantitative estimate of drug-likeness (QED) is 0.273. The van der Waals surface area contributed by atoms with Gasteiger partial charge in [0.15, 0.2) is 0 Å². The number of para-hydroxylation sites is 1. The molecule has 0 aliphatic heterocycles. The minimum absolute atomic E-state index is 0.00153. The molecule has 13 heteroatoms. The van der Waals surface area contributed by atoms with Gasteiger partial charge >= 0.3 is 24.2 Å². The van der Waals surface area contributed by atoms with Crippen molar-refractivity contribution in [3.63, 3.8) is 0 Å². The lowest BCUT2D eigenvalue weighted by atomic mass is 10.0. The summed E-state index contributed by atoms with van der Waals surface area (Å²) in [5.41, 5.74) is 4.50. The van der Waals surface area contributed by atoms with E-state index in [1.807, 2.05) is 0 Å². The number of aromatic nitrogens is 1. The van der Waals surface area contributed by atoms with Gasteiger partial charge in [0.2, 0.25) is 5.91 Å². The maximum absolute atomic E-state index is 13.3. The second kappa shape index (κ2) is 13.2. The first kappa shape index (κ1) is 31.9. The molecule has 2 rings (SSSR count). The number of aliphatic carboxylic acids is 1. The minimum Gasteiger partial charge on any atom is -0.480 e. The third-order valence-electron chi connectivity index (χ3n) is 5.40. The molecule has 1 heterocycles. The van der Waals surface area contributed by atoms with Crippen molar-refractivity contribution < 1.29 is 38.6 Å². The number of amides is 4. The number of nitrogens with zero attached hydrogens (tertiary/aromatic N) is 1. The smallest absolute Gasteiger partial charge is 0.419 e. The van der Waals surface area contributed by atoms with Gasteiger partial charge in [-0.25, -0.2) is 19.2 Å². The normalized spacial score (nSPS) is 13.2. The molecule has 0 aliphatic rings. The topological polar surface area (TPSA) is 191 Å². The van der Waals surface area contributed by atoms with Crippen LogP contribution in [0, 0.1) is 0 Å². The number of hydrogen-bond donors (Lipinski definition) is 5. The molecule has 0 unspecified atom stereocenters. The summed E-state index contributed by atoms with van der Waals surface area (Å²) in [6, 6.07) is 3.71. The predicted molar refractivity (Wildman–Crippen MR) is 147 cm³/mol. The Labute approximate surface area is 232 Å². The zero-order valence-electron chi connectivity index (χ0n) is 23.7. The minimum atomic E-state index is -1.30. The molecule has 13 nitrogen and oxygen atoms in total. The van der Waals surface area contributed by atoms with Crippen molar-refractivity contribution in [2.24, 2.45) is 5.73 Å². The van der Waals surface area contributed by atoms with Gasteiger partial charge in [0.25, 0.3) is 0 Å². The van der Waals surface area contributed by atoms with E-state index in [4.69, 9.17) is 15.2 Å². The SMILES string of the molecule is CC(C)(C)OC(=O)N[C@H](Cc1cn(C(=O)OC(C)(C)C)c2ccccc12)C(=O)N[C@@H](CCCNC(N)=O)C(=O)O. The van der Waals surface area contributed by atoms with Crippen LogP contribution in [0.3, 0.4) is 0 Å². The number of carbonyl (C=O) groups is 5. The van der Waals surface area contributed by atoms with E-state index < -0.39 is 53.4 Å². The Hall–Kier alpha value is -4.29. The summed E-state index contributed by atoms with van der Waals surface area (Å²) in [6.07, 6.45) is 0.177. The van der Waals surface area contributed by atoms with E-state index in [1.54, 1.807) is 65.8 Å². The molecule has 4 amide bonds. The third kappa shape index (κ3) is 10.1. The molecule has 0 saturated carbocycles. The fraction of sp³-hybridized carbons (Fsp3) is 0.519. The van der Waals surface area contributed by atoms with E-state index in [1.165, 1.54) is 10.8 Å². The summed E-state index contributed by atoms with van der Waals surface area (Å²) in [5.74, 6) is -2.06. The van der Waals surface area contributed by atoms with E-state index in [0.29, 0.717) is 16.5 Å². The van der Waals surface area contributed by atoms with Gasteiger partial charge in [-0.05, 0) is 66.0 Å². The number of carboxylic acid groups (broad SMARTS) is 1. The molecule has 0 spiro atoms. The van der Waals surface area contributed by atoms with Crippen molar-refractivity contribution in [1.82, 2.24) is 20.5 Å². The average molecular weight is 562 g/mol. The monoisotopic (exact) mass is 561 g/mol. The van der Waals surface area contributed by atoms with Gasteiger partial charge < -0.3 is 36.3 Å². The van der Waals surface area contributed by atoms with Crippen LogP contribution in [0.2, 0.25) is 0 Å². The largest absolute Gasteiger partial charge is 0.480 e. The highest BCUT2D eigenvalue weighted by Crippen LogP contribution is 2.24. The first-order valence-electron chi connectivity index (χ1n) is 12.8. The molecule has 1 aromatic heterocycles. The zero-order chi connectivity index (χ0) is 30.3. The highest BCUT2D eigenvalue weighted by Gasteiger charge is 2.30. The van der Waals surface area contributed by atoms with Crippen LogP contribution in [-0.2, 0) is 25.5 Å². The van der Waals surface area contributed by atoms with Gasteiger partial charge in [0.05, 0.1) is 5.52 Å². The number of urea groups is 1. The average Bonchev–Trinajstić information content (AvgIpc) is 3.16. The van der Waals surface area contributed by atoms with Gasteiger partial charge in [-0.2, -0.15) is 0 Å². The number of alkyl carbamates (subject to hydrolysis) is 1. The summed E-state index contributed by atoms with van der Waals surface area (Å²) >= 11 is 0. The summed E-state index contributed by atoms with van der Waals surface area (Å²) in [6.45, 7) is 10.3. The number of carboxylic acids is 1. The van der Waals surface area contributed by atoms with E-state index in [0.717, 1.165) is 0 Å². The lowest BCUT2D eigenvalue weighted by molar-refractivity contribution is -0.142. The number of nitrogens with two attached hydrogens (primary N) is 1. The Morgan fingerprint density at radius 3 is 2.15 bits per heavy atom. The standard InChI is InChI=1S/C27H39N5O8/c1-26(2,3)39-24(37)31-19(21(33)30-18(22(34)35)11-9-13-29-23(28)36)14-16-15-32(25(38)40-27(4,5)6)20-12-8-7-10-17(16)20/h7-8,10,12,15,18-19H,9,11,13-14H2,1-6H3,(H,30,33)(H,31,37)(H,34,35)(H3,28,29,36)/t18-,19+/m0/s1. The molecule has 40 heavy (non-hydrogen) atoms. The Morgan fingerprint density at radius 2 is 1.57 bits per heavy atom. The van der Waals surface area contributed by atoms with Crippen molar-refractivity contribution in [3.05, 3.63) is 36.0 Å². The second-order valence-corrected chi connectivity index (χ2v) is 11.3. The number of fused-ring (bicyclic) bond motifs is 1. The predicted octanol–water partition coefficient (Wildman–Crippen LogP) is 2.88. The maximum atomic E-state index is 13.3. The molecule has 1 aromatic carbocycles. The fourth-order valence-electron chi connectivity index (χ4n) is 3.80. The van der Waals surface area contributed by atoms with Gasteiger partial charge in [-0.1, -0.05) is 18.2 Å². The summed E-state index contributed by atoms with van der Waals surface area (Å²) in [7, 11) is 0. The molecular weight excluding hydrogens is 522 g/mol. The number of primary amides is 1. The third-order valence-corrected chi connectivity index (χ3v) is 5.40. The summed E-state index contributed by atoms with van der Waals surface area (Å²) in [5, 5.41) is 17.6. The highest BCUT2D eigenvalue weighted by atomic mass is 16.6. The molecule has 0 bridgehead atoms. The van der Waals surface area contributed by atoms with Crippen LogP contribution in [0.25, 0.3) is 10.9 Å². The molecule has 0 saturated heterocycles. The van der Waals surface area contributed by atoms with Crippen LogP contribution in [0.4, 0.5) is 14.4 Å². The van der Waals surface area contributed by atoms with E-state index >= 15 is 0 Å². The highest BCUT2D eigenvalue weighted by molar-refractivity contribution is 5.94. The molecule has 0 radical (unpaired) electrons. The Morgan fingerprint density at radius 1 is 0.950 bits per heavy atom.